The summed E-state index contributed by atoms with van der Waals surface area (Å²) in [6.45, 7) is 1.73. The van der Waals surface area contributed by atoms with Crippen LogP contribution in [0.5, 0.6) is 0 Å². The van der Waals surface area contributed by atoms with Crippen LogP contribution in [0.1, 0.15) is 18.4 Å². The van der Waals surface area contributed by atoms with Crippen LogP contribution in [0.3, 0.4) is 0 Å². The highest BCUT2D eigenvalue weighted by Crippen LogP contribution is 2.17. The third kappa shape index (κ3) is 2.53. The van der Waals surface area contributed by atoms with Crippen molar-refractivity contribution in [3.05, 3.63) is 35.6 Å². The Morgan fingerprint density at radius 2 is 2.39 bits per heavy atom. The van der Waals surface area contributed by atoms with Gasteiger partial charge in [0.2, 0.25) is 5.90 Å². The van der Waals surface area contributed by atoms with Crippen LogP contribution in [0.25, 0.3) is 0 Å². The standard InChI is InChI=1S/C14H17FN2O/c15-11-4-1-3-10(7-11)8-12-9-17-14(18-12)13-5-2-6-16-13/h1,3-4,7,12-13,16H,2,5-6,8-9H2. The number of ether oxygens (including phenoxy) is 1. The summed E-state index contributed by atoms with van der Waals surface area (Å²) in [6.07, 6.45) is 3.06. The quantitative estimate of drug-likeness (QED) is 0.886. The molecule has 1 saturated heterocycles. The Labute approximate surface area is 106 Å². The van der Waals surface area contributed by atoms with Crippen LogP contribution in [-0.4, -0.2) is 31.1 Å². The number of nitrogens with one attached hydrogen (secondary N) is 1. The first kappa shape index (κ1) is 11.7. The Bertz CT molecular complexity index is 455. The van der Waals surface area contributed by atoms with Crippen LogP contribution in [-0.2, 0) is 11.2 Å². The first-order chi connectivity index (χ1) is 8.81. The summed E-state index contributed by atoms with van der Waals surface area (Å²) in [5.74, 6) is 0.651. The second kappa shape index (κ2) is 5.06. The molecular formula is C14H17FN2O. The van der Waals surface area contributed by atoms with Crippen LogP contribution in [0.2, 0.25) is 0 Å². The fraction of sp³-hybridized carbons (Fsp3) is 0.500. The molecule has 1 aromatic rings. The Balaban J connectivity index is 1.57. The Kier molecular flexibility index (Phi) is 3.28. The second-order valence-electron chi connectivity index (χ2n) is 4.90. The molecule has 18 heavy (non-hydrogen) atoms. The summed E-state index contributed by atoms with van der Waals surface area (Å²) in [5, 5.41) is 3.38. The molecule has 0 spiro atoms. The van der Waals surface area contributed by atoms with Gasteiger partial charge in [-0.3, -0.25) is 4.99 Å². The third-order valence-electron chi connectivity index (χ3n) is 3.45. The van der Waals surface area contributed by atoms with Crippen LogP contribution in [0.15, 0.2) is 29.3 Å². The van der Waals surface area contributed by atoms with Crippen molar-refractivity contribution in [2.24, 2.45) is 4.99 Å². The van der Waals surface area contributed by atoms with E-state index < -0.39 is 0 Å². The number of nitrogens with zero attached hydrogens (tertiary/aromatic N) is 1. The molecule has 4 heteroatoms. The predicted octanol–water partition coefficient (Wildman–Crippen LogP) is 1.92. The van der Waals surface area contributed by atoms with Crippen LogP contribution in [0, 0.1) is 5.82 Å². The molecule has 1 aromatic carbocycles. The van der Waals surface area contributed by atoms with E-state index in [9.17, 15) is 4.39 Å². The van der Waals surface area contributed by atoms with E-state index in [1.807, 2.05) is 6.07 Å². The van der Waals surface area contributed by atoms with Crippen LogP contribution >= 0.6 is 0 Å². The lowest BCUT2D eigenvalue weighted by molar-refractivity contribution is 0.214. The molecular weight excluding hydrogens is 231 g/mol. The molecule has 0 aliphatic carbocycles. The topological polar surface area (TPSA) is 33.6 Å². The summed E-state index contributed by atoms with van der Waals surface area (Å²) in [6, 6.07) is 6.99. The molecule has 2 heterocycles. The number of rotatable bonds is 3. The van der Waals surface area contributed by atoms with Gasteiger partial charge in [-0.25, -0.2) is 4.39 Å². The highest BCUT2D eigenvalue weighted by Gasteiger charge is 2.28. The molecule has 2 unspecified atom stereocenters. The number of hydrogen-bond donors (Lipinski definition) is 1. The average molecular weight is 248 g/mol. The highest BCUT2D eigenvalue weighted by molar-refractivity contribution is 5.83. The Morgan fingerprint density at radius 3 is 3.17 bits per heavy atom. The minimum atomic E-state index is -0.191. The summed E-state index contributed by atoms with van der Waals surface area (Å²) < 4.78 is 18.9. The third-order valence-corrected chi connectivity index (χ3v) is 3.45. The van der Waals surface area contributed by atoms with Crippen molar-refractivity contribution in [3.63, 3.8) is 0 Å². The highest BCUT2D eigenvalue weighted by atomic mass is 19.1. The van der Waals surface area contributed by atoms with Gasteiger partial charge in [-0.1, -0.05) is 12.1 Å². The summed E-state index contributed by atoms with van der Waals surface area (Å²) in [5.41, 5.74) is 0.968. The van der Waals surface area contributed by atoms with Crippen molar-refractivity contribution in [3.8, 4) is 0 Å². The molecule has 0 bridgehead atoms. The van der Waals surface area contributed by atoms with Crippen molar-refractivity contribution in [1.29, 1.82) is 0 Å². The zero-order valence-corrected chi connectivity index (χ0v) is 10.2. The molecule has 2 aliphatic heterocycles. The molecule has 1 fully saturated rings. The average Bonchev–Trinajstić information content (AvgIpc) is 2.98. The number of benzene rings is 1. The predicted molar refractivity (Wildman–Crippen MR) is 68.3 cm³/mol. The first-order valence-corrected chi connectivity index (χ1v) is 6.50. The van der Waals surface area contributed by atoms with Gasteiger partial charge < -0.3 is 10.1 Å². The van der Waals surface area contributed by atoms with E-state index in [2.05, 4.69) is 10.3 Å². The van der Waals surface area contributed by atoms with E-state index in [1.165, 1.54) is 12.5 Å². The minimum Gasteiger partial charge on any atom is -0.474 e. The number of aliphatic imine (C=N–C) groups is 1. The maximum Gasteiger partial charge on any atom is 0.201 e. The second-order valence-corrected chi connectivity index (χ2v) is 4.90. The maximum absolute atomic E-state index is 13.1. The zero-order valence-electron chi connectivity index (χ0n) is 10.2. The smallest absolute Gasteiger partial charge is 0.201 e. The van der Waals surface area contributed by atoms with Crippen molar-refractivity contribution >= 4 is 5.90 Å². The molecule has 1 N–H and O–H groups in total. The van der Waals surface area contributed by atoms with E-state index in [-0.39, 0.29) is 11.9 Å². The lowest BCUT2D eigenvalue weighted by atomic mass is 10.1. The normalized spacial score (nSPS) is 27.1. The molecule has 2 atom stereocenters. The molecule has 0 radical (unpaired) electrons. The lowest BCUT2D eigenvalue weighted by Crippen LogP contribution is -2.32. The van der Waals surface area contributed by atoms with Crippen LogP contribution < -0.4 is 5.32 Å². The summed E-state index contributed by atoms with van der Waals surface area (Å²) >= 11 is 0. The van der Waals surface area contributed by atoms with Crippen molar-refractivity contribution < 1.29 is 9.13 Å². The maximum atomic E-state index is 13.1. The largest absolute Gasteiger partial charge is 0.474 e. The van der Waals surface area contributed by atoms with Gasteiger partial charge >= 0.3 is 0 Å². The van der Waals surface area contributed by atoms with E-state index in [1.54, 1.807) is 12.1 Å². The van der Waals surface area contributed by atoms with Crippen molar-refractivity contribution in [2.45, 2.75) is 31.4 Å². The number of halogens is 1. The van der Waals surface area contributed by atoms with E-state index in [4.69, 9.17) is 4.74 Å². The SMILES string of the molecule is Fc1cccc(CC2CN=C(C3CCCN3)O2)c1. The Hall–Kier alpha value is -1.42. The molecule has 0 saturated carbocycles. The molecule has 3 rings (SSSR count). The minimum absolute atomic E-state index is 0.0594. The lowest BCUT2D eigenvalue weighted by Gasteiger charge is -2.14. The van der Waals surface area contributed by atoms with Gasteiger partial charge in [-0.2, -0.15) is 0 Å². The van der Waals surface area contributed by atoms with Crippen molar-refractivity contribution in [2.75, 3.05) is 13.1 Å². The Morgan fingerprint density at radius 1 is 1.44 bits per heavy atom. The van der Waals surface area contributed by atoms with Crippen LogP contribution in [0.4, 0.5) is 4.39 Å². The molecule has 0 aromatic heterocycles. The fourth-order valence-corrected chi connectivity index (χ4v) is 2.56. The van der Waals surface area contributed by atoms with E-state index >= 15 is 0 Å². The number of hydrogen-bond acceptors (Lipinski definition) is 3. The van der Waals surface area contributed by atoms with Gasteiger partial charge in [0.1, 0.15) is 11.9 Å². The first-order valence-electron chi connectivity index (χ1n) is 6.50. The van der Waals surface area contributed by atoms with Gasteiger partial charge in [0.15, 0.2) is 0 Å². The van der Waals surface area contributed by atoms with Gasteiger partial charge in [0.25, 0.3) is 0 Å². The molecule has 96 valence electrons. The zero-order chi connectivity index (χ0) is 12.4. The molecule has 3 nitrogen and oxygen atoms in total. The molecule has 2 aliphatic rings. The van der Waals surface area contributed by atoms with Gasteiger partial charge in [0, 0.05) is 6.42 Å². The summed E-state index contributed by atoms with van der Waals surface area (Å²) in [7, 11) is 0. The monoisotopic (exact) mass is 248 g/mol. The van der Waals surface area contributed by atoms with E-state index in [0.29, 0.717) is 12.6 Å². The van der Waals surface area contributed by atoms with Gasteiger partial charge in [-0.05, 0) is 37.1 Å². The molecule has 0 amide bonds. The van der Waals surface area contributed by atoms with Gasteiger partial charge in [0.05, 0.1) is 12.6 Å². The van der Waals surface area contributed by atoms with Gasteiger partial charge in [-0.15, -0.1) is 0 Å². The summed E-state index contributed by atoms with van der Waals surface area (Å²) in [4.78, 5) is 4.46. The fourth-order valence-electron chi connectivity index (χ4n) is 2.56. The van der Waals surface area contributed by atoms with Crippen molar-refractivity contribution in [1.82, 2.24) is 5.32 Å². The van der Waals surface area contributed by atoms with E-state index in [0.717, 1.165) is 30.8 Å².